The van der Waals surface area contributed by atoms with E-state index in [1.165, 1.54) is 32.1 Å². The lowest BCUT2D eigenvalue weighted by Gasteiger charge is -2.00. The van der Waals surface area contributed by atoms with Gasteiger partial charge in [0.2, 0.25) is 0 Å². The van der Waals surface area contributed by atoms with Crippen molar-refractivity contribution in [3.8, 4) is 11.1 Å². The molecule has 3 aromatic heterocycles. The van der Waals surface area contributed by atoms with Crippen molar-refractivity contribution in [3.05, 3.63) is 29.3 Å². The minimum atomic E-state index is 0.528. The van der Waals surface area contributed by atoms with Crippen LogP contribution in [0.5, 0.6) is 0 Å². The second-order valence-corrected chi connectivity index (χ2v) is 5.89. The lowest BCUT2D eigenvalue weighted by molar-refractivity contribution is 0.886. The van der Waals surface area contributed by atoms with E-state index in [4.69, 9.17) is 5.73 Å². The van der Waals surface area contributed by atoms with Crippen LogP contribution >= 0.6 is 15.9 Å². The number of H-pyrrole nitrogens is 1. The molecule has 0 atom stereocenters. The molecule has 1 saturated carbocycles. The highest BCUT2D eigenvalue weighted by Gasteiger charge is 2.11. The zero-order chi connectivity index (χ0) is 14.7. The first-order valence-electron chi connectivity index (χ1n) is 7.04. The van der Waals surface area contributed by atoms with E-state index in [-0.39, 0.29) is 0 Å². The zero-order valence-electron chi connectivity index (χ0n) is 11.6. The standard InChI is InChI=1S/C9H7BrN6.C5H10/c10-7-4-12-9-6(5-1-13-14-2-5)3-15-16(9)8(7)11;1-2-4-5-3-1/h1-4H,11H2,(H,13,14);1-5H2. The van der Waals surface area contributed by atoms with Gasteiger partial charge in [0.05, 0.1) is 16.9 Å². The van der Waals surface area contributed by atoms with E-state index >= 15 is 0 Å². The first-order chi connectivity index (χ1) is 10.3. The van der Waals surface area contributed by atoms with Crippen LogP contribution in [0.2, 0.25) is 0 Å². The molecule has 21 heavy (non-hydrogen) atoms. The molecular formula is C14H17BrN6. The van der Waals surface area contributed by atoms with Crippen molar-refractivity contribution in [3.63, 3.8) is 0 Å². The first-order valence-corrected chi connectivity index (χ1v) is 7.83. The summed E-state index contributed by atoms with van der Waals surface area (Å²) in [5, 5.41) is 10.8. The van der Waals surface area contributed by atoms with Crippen molar-refractivity contribution in [2.75, 3.05) is 5.73 Å². The van der Waals surface area contributed by atoms with Crippen molar-refractivity contribution in [1.29, 1.82) is 0 Å². The molecule has 0 radical (unpaired) electrons. The number of fused-ring (bicyclic) bond motifs is 1. The Morgan fingerprint density at radius 3 is 2.43 bits per heavy atom. The fourth-order valence-electron chi connectivity index (χ4n) is 2.41. The maximum Gasteiger partial charge on any atom is 0.165 e. The molecule has 0 unspecified atom stereocenters. The quantitative estimate of drug-likeness (QED) is 0.705. The molecule has 0 saturated heterocycles. The molecule has 1 fully saturated rings. The summed E-state index contributed by atoms with van der Waals surface area (Å²) in [4.78, 5) is 4.29. The summed E-state index contributed by atoms with van der Waals surface area (Å²) >= 11 is 3.31. The minimum Gasteiger partial charge on any atom is -0.383 e. The Labute approximate surface area is 130 Å². The number of nitrogens with one attached hydrogen (secondary N) is 1. The molecule has 0 aliphatic heterocycles. The predicted octanol–water partition coefficient (Wildman–Crippen LogP) is 3.41. The van der Waals surface area contributed by atoms with Gasteiger partial charge in [-0.2, -0.15) is 14.7 Å². The van der Waals surface area contributed by atoms with E-state index in [2.05, 4.69) is 36.2 Å². The summed E-state index contributed by atoms with van der Waals surface area (Å²) in [6.45, 7) is 0. The van der Waals surface area contributed by atoms with Gasteiger partial charge in [-0.1, -0.05) is 32.1 Å². The molecule has 3 N–H and O–H groups in total. The lowest BCUT2D eigenvalue weighted by atomic mass is 10.2. The van der Waals surface area contributed by atoms with Gasteiger partial charge in [-0.3, -0.25) is 5.10 Å². The van der Waals surface area contributed by atoms with E-state index in [1.54, 1.807) is 29.3 Å². The summed E-state index contributed by atoms with van der Waals surface area (Å²) in [7, 11) is 0. The van der Waals surface area contributed by atoms with Crippen molar-refractivity contribution >= 4 is 27.4 Å². The Morgan fingerprint density at radius 1 is 1.10 bits per heavy atom. The van der Waals surface area contributed by atoms with Gasteiger partial charge in [0.15, 0.2) is 5.65 Å². The lowest BCUT2D eigenvalue weighted by Crippen LogP contribution is -2.00. The predicted molar refractivity (Wildman–Crippen MR) is 85.8 cm³/mol. The Balaban J connectivity index is 0.000000225. The average Bonchev–Trinajstić information content (AvgIpc) is 3.26. The summed E-state index contributed by atoms with van der Waals surface area (Å²) < 4.78 is 2.31. The fraction of sp³-hybridized carbons (Fsp3) is 0.357. The highest BCUT2D eigenvalue weighted by Crippen LogP contribution is 2.26. The van der Waals surface area contributed by atoms with Crippen LogP contribution in [0.15, 0.2) is 29.3 Å². The van der Waals surface area contributed by atoms with Gasteiger partial charge < -0.3 is 5.73 Å². The summed E-state index contributed by atoms with van der Waals surface area (Å²) in [6, 6.07) is 0. The van der Waals surface area contributed by atoms with Crippen molar-refractivity contribution in [2.45, 2.75) is 32.1 Å². The molecule has 1 aliphatic carbocycles. The van der Waals surface area contributed by atoms with Crippen LogP contribution in [-0.2, 0) is 0 Å². The van der Waals surface area contributed by atoms with Crippen molar-refractivity contribution < 1.29 is 0 Å². The van der Waals surface area contributed by atoms with Gasteiger partial charge >= 0.3 is 0 Å². The maximum atomic E-state index is 5.88. The Bertz CT molecular complexity index is 707. The number of halogens is 1. The molecular weight excluding hydrogens is 332 g/mol. The van der Waals surface area contributed by atoms with Gasteiger partial charge in [0.25, 0.3) is 0 Å². The Hall–Kier alpha value is -1.89. The van der Waals surface area contributed by atoms with E-state index < -0.39 is 0 Å². The van der Waals surface area contributed by atoms with Crippen molar-refractivity contribution in [1.82, 2.24) is 24.8 Å². The molecule has 0 amide bonds. The topological polar surface area (TPSA) is 84.9 Å². The van der Waals surface area contributed by atoms with E-state index in [0.29, 0.717) is 11.5 Å². The van der Waals surface area contributed by atoms with Crippen LogP contribution in [0.4, 0.5) is 5.82 Å². The first kappa shape index (κ1) is 14.1. The number of aromatic amines is 1. The largest absolute Gasteiger partial charge is 0.383 e. The zero-order valence-corrected chi connectivity index (χ0v) is 13.2. The van der Waals surface area contributed by atoms with Crippen LogP contribution in [0, 0.1) is 0 Å². The van der Waals surface area contributed by atoms with Gasteiger partial charge in [0.1, 0.15) is 5.82 Å². The number of nitrogens with zero attached hydrogens (tertiary/aromatic N) is 4. The van der Waals surface area contributed by atoms with Crippen LogP contribution < -0.4 is 5.73 Å². The highest BCUT2D eigenvalue weighted by atomic mass is 79.9. The second-order valence-electron chi connectivity index (χ2n) is 5.04. The molecule has 7 heteroatoms. The molecule has 1 aliphatic rings. The number of hydrogen-bond donors (Lipinski definition) is 2. The summed E-state index contributed by atoms with van der Waals surface area (Å²) in [5.74, 6) is 0.528. The third kappa shape index (κ3) is 2.92. The molecule has 3 heterocycles. The minimum absolute atomic E-state index is 0.528. The Morgan fingerprint density at radius 2 is 1.81 bits per heavy atom. The third-order valence-corrected chi connectivity index (χ3v) is 4.19. The second kappa shape index (κ2) is 6.26. The van der Waals surface area contributed by atoms with Crippen LogP contribution in [0.25, 0.3) is 16.8 Å². The van der Waals surface area contributed by atoms with Gasteiger partial charge in [0, 0.05) is 23.5 Å². The van der Waals surface area contributed by atoms with E-state index in [9.17, 15) is 0 Å². The monoisotopic (exact) mass is 348 g/mol. The van der Waals surface area contributed by atoms with E-state index in [1.807, 2.05) is 0 Å². The number of anilines is 1. The Kier molecular flexibility index (Phi) is 4.19. The molecule has 3 aromatic rings. The molecule has 110 valence electrons. The van der Waals surface area contributed by atoms with Crippen LogP contribution in [0.3, 0.4) is 0 Å². The number of aromatic nitrogens is 5. The number of nitrogen functional groups attached to an aromatic ring is 1. The van der Waals surface area contributed by atoms with Gasteiger partial charge in [-0.05, 0) is 15.9 Å². The third-order valence-electron chi connectivity index (χ3n) is 3.58. The molecule has 0 bridgehead atoms. The van der Waals surface area contributed by atoms with Crippen LogP contribution in [0.1, 0.15) is 32.1 Å². The number of rotatable bonds is 1. The highest BCUT2D eigenvalue weighted by molar-refractivity contribution is 9.10. The van der Waals surface area contributed by atoms with Crippen molar-refractivity contribution in [2.24, 2.45) is 0 Å². The summed E-state index contributed by atoms with van der Waals surface area (Å²) in [6.07, 6.45) is 14.4. The van der Waals surface area contributed by atoms with Gasteiger partial charge in [-0.15, -0.1) is 0 Å². The molecule has 0 spiro atoms. The normalized spacial score (nSPS) is 14.1. The summed E-state index contributed by atoms with van der Waals surface area (Å²) in [5.41, 5.74) is 8.42. The van der Waals surface area contributed by atoms with Crippen LogP contribution in [-0.4, -0.2) is 24.8 Å². The molecule has 4 rings (SSSR count). The molecule has 6 nitrogen and oxygen atoms in total. The van der Waals surface area contributed by atoms with Gasteiger partial charge in [-0.25, -0.2) is 4.98 Å². The SMILES string of the molecule is C1CCCC1.Nc1c(Br)cnc2c(-c3cn[nH]c3)cnn12. The molecule has 0 aromatic carbocycles. The number of hydrogen-bond acceptors (Lipinski definition) is 4. The van der Waals surface area contributed by atoms with E-state index in [0.717, 1.165) is 15.6 Å². The smallest absolute Gasteiger partial charge is 0.165 e. The average molecular weight is 349 g/mol. The number of nitrogens with two attached hydrogens (primary N) is 1. The maximum absolute atomic E-state index is 5.88. The fourth-order valence-corrected chi connectivity index (χ4v) is 2.68.